The van der Waals surface area contributed by atoms with E-state index in [4.69, 9.17) is 10.5 Å². The van der Waals surface area contributed by atoms with Gasteiger partial charge in [0, 0.05) is 19.3 Å². The van der Waals surface area contributed by atoms with E-state index in [1.54, 1.807) is 12.1 Å². The highest BCUT2D eigenvalue weighted by Crippen LogP contribution is 2.08. The molecule has 2 N–H and O–H groups in total. The van der Waals surface area contributed by atoms with Crippen LogP contribution in [0.25, 0.3) is 0 Å². The van der Waals surface area contributed by atoms with Crippen LogP contribution in [0.3, 0.4) is 0 Å². The van der Waals surface area contributed by atoms with Crippen molar-refractivity contribution in [2.45, 2.75) is 32.2 Å². The van der Waals surface area contributed by atoms with Crippen LogP contribution in [0, 0.1) is 5.82 Å². The fourth-order valence-corrected chi connectivity index (χ4v) is 1.66. The van der Waals surface area contributed by atoms with Crippen molar-refractivity contribution in [1.29, 1.82) is 0 Å². The molecule has 1 aromatic carbocycles. The summed E-state index contributed by atoms with van der Waals surface area (Å²) >= 11 is 0. The SMILES string of the molecule is CCOCCCC(N)Cc1cccc(F)c1. The summed E-state index contributed by atoms with van der Waals surface area (Å²) < 4.78 is 18.1. The van der Waals surface area contributed by atoms with Gasteiger partial charge in [-0.15, -0.1) is 0 Å². The van der Waals surface area contributed by atoms with Gasteiger partial charge in [0.2, 0.25) is 0 Å². The Labute approximate surface area is 96.6 Å². The first-order chi connectivity index (χ1) is 7.72. The van der Waals surface area contributed by atoms with Crippen LogP contribution < -0.4 is 5.73 Å². The Kier molecular flexibility index (Phi) is 6.04. The predicted octanol–water partition coefficient (Wildman–Crippen LogP) is 2.51. The van der Waals surface area contributed by atoms with E-state index in [1.165, 1.54) is 6.07 Å². The predicted molar refractivity (Wildman–Crippen MR) is 63.8 cm³/mol. The molecular formula is C13H20FNO. The minimum absolute atomic E-state index is 0.0854. The zero-order valence-electron chi connectivity index (χ0n) is 9.79. The van der Waals surface area contributed by atoms with Gasteiger partial charge in [-0.2, -0.15) is 0 Å². The van der Waals surface area contributed by atoms with Crippen LogP contribution in [-0.2, 0) is 11.2 Å². The lowest BCUT2D eigenvalue weighted by Crippen LogP contribution is -2.23. The van der Waals surface area contributed by atoms with Crippen molar-refractivity contribution >= 4 is 0 Å². The molecule has 0 saturated carbocycles. The highest BCUT2D eigenvalue weighted by molar-refractivity contribution is 5.17. The molecule has 0 saturated heterocycles. The van der Waals surface area contributed by atoms with Crippen molar-refractivity contribution in [2.24, 2.45) is 5.73 Å². The van der Waals surface area contributed by atoms with Crippen LogP contribution >= 0.6 is 0 Å². The third kappa shape index (κ3) is 5.24. The normalized spacial score (nSPS) is 12.7. The summed E-state index contributed by atoms with van der Waals surface area (Å²) in [6.07, 6.45) is 2.60. The fraction of sp³-hybridized carbons (Fsp3) is 0.538. The van der Waals surface area contributed by atoms with Gasteiger partial charge in [-0.3, -0.25) is 0 Å². The van der Waals surface area contributed by atoms with Crippen LogP contribution in [-0.4, -0.2) is 19.3 Å². The van der Waals surface area contributed by atoms with Gasteiger partial charge in [0.05, 0.1) is 0 Å². The lowest BCUT2D eigenvalue weighted by molar-refractivity contribution is 0.142. The lowest BCUT2D eigenvalue weighted by Gasteiger charge is -2.11. The maximum absolute atomic E-state index is 12.9. The number of hydrogen-bond acceptors (Lipinski definition) is 2. The summed E-state index contributed by atoms with van der Waals surface area (Å²) in [5, 5.41) is 0. The number of rotatable bonds is 7. The summed E-state index contributed by atoms with van der Waals surface area (Å²) in [7, 11) is 0. The minimum Gasteiger partial charge on any atom is -0.382 e. The van der Waals surface area contributed by atoms with Gasteiger partial charge in [0.1, 0.15) is 5.82 Å². The molecule has 0 aliphatic heterocycles. The first kappa shape index (κ1) is 13.1. The van der Waals surface area contributed by atoms with Gasteiger partial charge in [-0.05, 0) is 43.9 Å². The number of halogens is 1. The Balaban J connectivity index is 2.25. The molecule has 90 valence electrons. The van der Waals surface area contributed by atoms with Gasteiger partial charge in [0.15, 0.2) is 0 Å². The van der Waals surface area contributed by atoms with Crippen LogP contribution in [0.4, 0.5) is 4.39 Å². The zero-order valence-corrected chi connectivity index (χ0v) is 9.79. The standard InChI is InChI=1S/C13H20FNO/c1-2-16-8-4-7-13(15)10-11-5-3-6-12(14)9-11/h3,5-6,9,13H,2,4,7-8,10,15H2,1H3. The first-order valence-corrected chi connectivity index (χ1v) is 5.80. The highest BCUT2D eigenvalue weighted by Gasteiger charge is 2.04. The van der Waals surface area contributed by atoms with Crippen molar-refractivity contribution < 1.29 is 9.13 Å². The topological polar surface area (TPSA) is 35.2 Å². The van der Waals surface area contributed by atoms with Crippen molar-refractivity contribution in [3.63, 3.8) is 0 Å². The average Bonchev–Trinajstić information content (AvgIpc) is 2.24. The number of nitrogens with two attached hydrogens (primary N) is 1. The van der Waals surface area contributed by atoms with Crippen molar-refractivity contribution in [2.75, 3.05) is 13.2 Å². The molecule has 3 heteroatoms. The van der Waals surface area contributed by atoms with Crippen LogP contribution in [0.1, 0.15) is 25.3 Å². The lowest BCUT2D eigenvalue weighted by atomic mass is 10.0. The molecule has 2 nitrogen and oxygen atoms in total. The Bertz CT molecular complexity index is 304. The van der Waals surface area contributed by atoms with Crippen LogP contribution in [0.2, 0.25) is 0 Å². The molecule has 0 spiro atoms. The van der Waals surface area contributed by atoms with Crippen molar-refractivity contribution in [3.8, 4) is 0 Å². The molecule has 0 bridgehead atoms. The summed E-state index contributed by atoms with van der Waals surface area (Å²) in [6, 6.07) is 6.71. The Morgan fingerprint density at radius 2 is 2.25 bits per heavy atom. The third-order valence-corrected chi connectivity index (χ3v) is 2.45. The maximum Gasteiger partial charge on any atom is 0.123 e. The van der Waals surface area contributed by atoms with E-state index in [0.717, 1.165) is 38.0 Å². The second kappa shape index (κ2) is 7.36. The maximum atomic E-state index is 12.9. The molecule has 1 unspecified atom stereocenters. The van der Waals surface area contributed by atoms with E-state index in [0.29, 0.717) is 0 Å². The van der Waals surface area contributed by atoms with E-state index in [1.807, 2.05) is 13.0 Å². The Morgan fingerprint density at radius 3 is 2.94 bits per heavy atom. The van der Waals surface area contributed by atoms with E-state index in [9.17, 15) is 4.39 Å². The molecule has 0 heterocycles. The second-order valence-corrected chi connectivity index (χ2v) is 3.93. The van der Waals surface area contributed by atoms with Crippen molar-refractivity contribution in [1.82, 2.24) is 0 Å². The number of benzene rings is 1. The highest BCUT2D eigenvalue weighted by atomic mass is 19.1. The Morgan fingerprint density at radius 1 is 1.44 bits per heavy atom. The van der Waals surface area contributed by atoms with Gasteiger partial charge < -0.3 is 10.5 Å². The molecule has 1 atom stereocenters. The smallest absolute Gasteiger partial charge is 0.123 e. The monoisotopic (exact) mass is 225 g/mol. The van der Waals surface area contributed by atoms with Gasteiger partial charge in [0.25, 0.3) is 0 Å². The van der Waals surface area contributed by atoms with Gasteiger partial charge >= 0.3 is 0 Å². The van der Waals surface area contributed by atoms with E-state index in [2.05, 4.69) is 0 Å². The molecule has 1 rings (SSSR count). The number of hydrogen-bond donors (Lipinski definition) is 1. The quantitative estimate of drug-likeness (QED) is 0.724. The Hall–Kier alpha value is -0.930. The summed E-state index contributed by atoms with van der Waals surface area (Å²) in [4.78, 5) is 0. The third-order valence-electron chi connectivity index (χ3n) is 2.45. The average molecular weight is 225 g/mol. The van der Waals surface area contributed by atoms with Crippen LogP contribution in [0.15, 0.2) is 24.3 Å². The largest absolute Gasteiger partial charge is 0.382 e. The fourth-order valence-electron chi connectivity index (χ4n) is 1.66. The molecule has 1 aromatic rings. The van der Waals surface area contributed by atoms with Crippen LogP contribution in [0.5, 0.6) is 0 Å². The van der Waals surface area contributed by atoms with Crippen molar-refractivity contribution in [3.05, 3.63) is 35.6 Å². The first-order valence-electron chi connectivity index (χ1n) is 5.80. The molecule has 0 aliphatic rings. The molecule has 0 fully saturated rings. The van der Waals surface area contributed by atoms with Gasteiger partial charge in [-0.25, -0.2) is 4.39 Å². The van der Waals surface area contributed by atoms with E-state index < -0.39 is 0 Å². The summed E-state index contributed by atoms with van der Waals surface area (Å²) in [5.41, 5.74) is 6.92. The molecule has 0 amide bonds. The zero-order chi connectivity index (χ0) is 11.8. The molecule has 0 aromatic heterocycles. The summed E-state index contributed by atoms with van der Waals surface area (Å²) in [5.74, 6) is -0.195. The molecule has 16 heavy (non-hydrogen) atoms. The second-order valence-electron chi connectivity index (χ2n) is 3.93. The molecular weight excluding hydrogens is 205 g/mol. The van der Waals surface area contributed by atoms with Gasteiger partial charge in [-0.1, -0.05) is 12.1 Å². The summed E-state index contributed by atoms with van der Waals surface area (Å²) in [6.45, 7) is 3.49. The minimum atomic E-state index is -0.195. The number of ether oxygens (including phenoxy) is 1. The van der Waals surface area contributed by atoms with E-state index in [-0.39, 0.29) is 11.9 Å². The molecule has 0 radical (unpaired) electrons. The molecule has 0 aliphatic carbocycles. The van der Waals surface area contributed by atoms with E-state index >= 15 is 0 Å².